The number of aliphatic hydroxyl groups is 1. The Labute approximate surface area is 276 Å². The van der Waals surface area contributed by atoms with Crippen LogP contribution in [-0.2, 0) is 26.2 Å². The molecular formula is C35H37N5O8. The van der Waals surface area contributed by atoms with E-state index in [1.54, 1.807) is 20.9 Å². The van der Waals surface area contributed by atoms with Crippen molar-refractivity contribution < 1.29 is 37.8 Å². The molecular weight excluding hydrogens is 618 g/mol. The normalized spacial score (nSPS) is 23.1. The SMILES string of the molecule is COC(=O)c1coc(-c2nc3oc2C24c5ccccc5NC2Oc2ccc(cc24)CC(NC(=O)C(O)C(C)C)C(=O)N(C)C3C(C)C)n1. The van der Waals surface area contributed by atoms with E-state index in [0.717, 1.165) is 22.4 Å². The molecule has 13 heteroatoms. The number of nitrogens with one attached hydrogen (secondary N) is 2. The minimum atomic E-state index is -1.29. The van der Waals surface area contributed by atoms with E-state index in [1.165, 1.54) is 18.3 Å². The molecule has 2 aromatic carbocycles. The minimum absolute atomic E-state index is 0.0293. The highest BCUT2D eigenvalue weighted by molar-refractivity contribution is 5.90. The average molecular weight is 656 g/mol. The maximum atomic E-state index is 14.3. The summed E-state index contributed by atoms with van der Waals surface area (Å²) in [6.45, 7) is 7.34. The van der Waals surface area contributed by atoms with Gasteiger partial charge in [0.2, 0.25) is 23.6 Å². The van der Waals surface area contributed by atoms with Gasteiger partial charge in [0, 0.05) is 24.7 Å². The lowest BCUT2D eigenvalue weighted by molar-refractivity contribution is -0.141. The minimum Gasteiger partial charge on any atom is -0.469 e. The number of hydrogen-bond donors (Lipinski definition) is 3. The van der Waals surface area contributed by atoms with Crippen molar-refractivity contribution in [3.8, 4) is 17.3 Å². The summed E-state index contributed by atoms with van der Waals surface area (Å²) in [4.78, 5) is 50.8. The molecule has 5 heterocycles. The first kappa shape index (κ1) is 31.4. The smallest absolute Gasteiger partial charge is 0.360 e. The topological polar surface area (TPSA) is 169 Å². The van der Waals surface area contributed by atoms with Gasteiger partial charge in [-0.3, -0.25) is 9.59 Å². The standard InChI is InChI=1S/C35H37N5O8/c1-16(2)26-31-39-25(30-37-23(15-46-30)33(44)45-6)28(48-31)35-19-9-7-8-10-21(19)38-34(35)47-24-12-11-18(13-20(24)35)14-22(32(43)40(26)5)36-29(42)27(41)17(3)4/h7-13,15-17,22,26-27,34,38,41H,14H2,1-6H3,(H,36,42). The molecule has 3 aliphatic heterocycles. The first-order chi connectivity index (χ1) is 22.9. The second-order valence-corrected chi connectivity index (χ2v) is 13.2. The first-order valence-corrected chi connectivity index (χ1v) is 15.9. The van der Waals surface area contributed by atoms with Crippen LogP contribution in [0.4, 0.5) is 5.69 Å². The molecule has 3 aliphatic rings. The van der Waals surface area contributed by atoms with Gasteiger partial charge in [-0.1, -0.05) is 58.0 Å². The summed E-state index contributed by atoms with van der Waals surface area (Å²) < 4.78 is 24.1. The lowest BCUT2D eigenvalue weighted by atomic mass is 9.72. The number of carbonyl (C=O) groups excluding carboxylic acids is 3. The van der Waals surface area contributed by atoms with Crippen LogP contribution in [0, 0.1) is 11.8 Å². The lowest BCUT2D eigenvalue weighted by Crippen LogP contribution is -2.53. The monoisotopic (exact) mass is 655 g/mol. The number of rotatable bonds is 6. The Morgan fingerprint density at radius 2 is 1.90 bits per heavy atom. The average Bonchev–Trinajstić information content (AvgIpc) is 3.84. The molecule has 0 saturated carbocycles. The molecule has 5 atom stereocenters. The van der Waals surface area contributed by atoms with Crippen LogP contribution in [-0.4, -0.2) is 70.3 Å². The number of aliphatic hydroxyl groups excluding tert-OH is 1. The van der Waals surface area contributed by atoms with Crippen LogP contribution in [0.5, 0.6) is 5.75 Å². The number of fused-ring (bicyclic) bond motifs is 4. The molecule has 7 rings (SSSR count). The van der Waals surface area contributed by atoms with Gasteiger partial charge in [0.1, 0.15) is 35.6 Å². The molecule has 250 valence electrons. The first-order valence-electron chi connectivity index (χ1n) is 15.9. The summed E-state index contributed by atoms with van der Waals surface area (Å²) >= 11 is 0. The van der Waals surface area contributed by atoms with Crippen LogP contribution in [0.25, 0.3) is 11.6 Å². The van der Waals surface area contributed by atoms with Crippen molar-refractivity contribution >= 4 is 23.5 Å². The number of carbonyl (C=O) groups is 3. The van der Waals surface area contributed by atoms with Gasteiger partial charge in [0.15, 0.2) is 23.4 Å². The molecule has 13 nitrogen and oxygen atoms in total. The molecule has 5 unspecified atom stereocenters. The second-order valence-electron chi connectivity index (χ2n) is 13.2. The van der Waals surface area contributed by atoms with Crippen molar-refractivity contribution in [3.05, 3.63) is 82.8 Å². The van der Waals surface area contributed by atoms with E-state index < -0.39 is 41.7 Å². The summed E-state index contributed by atoms with van der Waals surface area (Å²) in [6.07, 6.45) is -0.604. The molecule has 4 bridgehead atoms. The largest absolute Gasteiger partial charge is 0.469 e. The number of esters is 1. The zero-order valence-electron chi connectivity index (χ0n) is 27.4. The Hall–Kier alpha value is -5.17. The van der Waals surface area contributed by atoms with Gasteiger partial charge in [0.05, 0.1) is 7.11 Å². The van der Waals surface area contributed by atoms with Gasteiger partial charge in [-0.15, -0.1) is 0 Å². The molecule has 1 spiro atoms. The summed E-state index contributed by atoms with van der Waals surface area (Å²) in [6, 6.07) is 11.7. The fraction of sp³-hybridized carbons (Fsp3) is 0.400. The Kier molecular flexibility index (Phi) is 7.54. The third-order valence-electron chi connectivity index (χ3n) is 9.45. The highest BCUT2D eigenvalue weighted by atomic mass is 16.5. The van der Waals surface area contributed by atoms with Gasteiger partial charge >= 0.3 is 5.97 Å². The number of likely N-dealkylation sites (N-methyl/N-ethyl adjacent to an activating group) is 1. The van der Waals surface area contributed by atoms with E-state index in [9.17, 15) is 19.5 Å². The van der Waals surface area contributed by atoms with Gasteiger partial charge in [0.25, 0.3) is 0 Å². The van der Waals surface area contributed by atoms with Crippen molar-refractivity contribution in [2.24, 2.45) is 11.8 Å². The number of methoxy groups -OCH3 is 1. The van der Waals surface area contributed by atoms with Gasteiger partial charge in [-0.25, -0.2) is 14.8 Å². The third kappa shape index (κ3) is 4.67. The maximum Gasteiger partial charge on any atom is 0.360 e. The molecule has 3 N–H and O–H groups in total. The molecule has 48 heavy (non-hydrogen) atoms. The van der Waals surface area contributed by atoms with Crippen LogP contribution in [0.2, 0.25) is 0 Å². The molecule has 0 radical (unpaired) electrons. The van der Waals surface area contributed by atoms with Gasteiger partial charge in [-0.05, 0) is 35.1 Å². The summed E-state index contributed by atoms with van der Waals surface area (Å²) in [5.41, 5.74) is 2.29. The predicted octanol–water partition coefficient (Wildman–Crippen LogP) is 3.81. The van der Waals surface area contributed by atoms with Crippen molar-refractivity contribution in [2.75, 3.05) is 19.5 Å². The van der Waals surface area contributed by atoms with Gasteiger partial charge < -0.3 is 38.9 Å². The molecule has 2 amide bonds. The number of nitrogens with zero attached hydrogens (tertiary/aromatic N) is 3. The molecule has 0 aliphatic carbocycles. The number of oxazole rings is 2. The Morgan fingerprint density at radius 3 is 2.62 bits per heavy atom. The van der Waals surface area contributed by atoms with Crippen LogP contribution in [0.1, 0.15) is 72.6 Å². The highest BCUT2D eigenvalue weighted by Gasteiger charge is 2.61. The summed E-state index contributed by atoms with van der Waals surface area (Å²) in [7, 11) is 2.90. The van der Waals surface area contributed by atoms with E-state index in [4.69, 9.17) is 23.3 Å². The van der Waals surface area contributed by atoms with E-state index in [0.29, 0.717) is 11.5 Å². The summed E-state index contributed by atoms with van der Waals surface area (Å²) in [5, 5.41) is 16.9. The number of ether oxygens (including phenoxy) is 2. The number of hydrogen-bond acceptors (Lipinski definition) is 11. The zero-order chi connectivity index (χ0) is 34.1. The van der Waals surface area contributed by atoms with Crippen LogP contribution in [0.15, 0.2) is 57.6 Å². The van der Waals surface area contributed by atoms with Gasteiger partial charge in [-0.2, -0.15) is 0 Å². The molecule has 0 fully saturated rings. The number of benzene rings is 2. The van der Waals surface area contributed by atoms with Crippen molar-refractivity contribution in [2.45, 2.75) is 63.9 Å². The zero-order valence-corrected chi connectivity index (χ0v) is 27.4. The number of aromatic nitrogens is 2. The van der Waals surface area contributed by atoms with E-state index in [2.05, 4.69) is 15.6 Å². The molecule has 0 saturated heterocycles. The van der Waals surface area contributed by atoms with Crippen molar-refractivity contribution in [3.63, 3.8) is 0 Å². The fourth-order valence-electron chi connectivity index (χ4n) is 7.09. The Balaban J connectivity index is 1.50. The summed E-state index contributed by atoms with van der Waals surface area (Å²) in [5.74, 6) is -1.06. The molecule has 2 aromatic heterocycles. The quantitative estimate of drug-likeness (QED) is 0.258. The van der Waals surface area contributed by atoms with E-state index >= 15 is 0 Å². The number of amides is 2. The number of para-hydroxylation sites is 1. The predicted molar refractivity (Wildman–Crippen MR) is 171 cm³/mol. The lowest BCUT2D eigenvalue weighted by Gasteiger charge is -2.33. The third-order valence-corrected chi connectivity index (χ3v) is 9.45. The second kappa shape index (κ2) is 11.5. The van der Waals surface area contributed by atoms with Crippen LogP contribution < -0.4 is 15.4 Å². The highest BCUT2D eigenvalue weighted by Crippen LogP contribution is 2.59. The van der Waals surface area contributed by atoms with Crippen LogP contribution in [0.3, 0.4) is 0 Å². The van der Waals surface area contributed by atoms with Crippen molar-refractivity contribution in [1.82, 2.24) is 20.2 Å². The Bertz CT molecular complexity index is 1930. The van der Waals surface area contributed by atoms with Crippen LogP contribution >= 0.6 is 0 Å². The fourth-order valence-corrected chi connectivity index (χ4v) is 7.09. The number of anilines is 1. The van der Waals surface area contributed by atoms with Crippen molar-refractivity contribution in [1.29, 1.82) is 0 Å². The maximum absolute atomic E-state index is 14.3. The Morgan fingerprint density at radius 1 is 1.12 bits per heavy atom. The van der Waals surface area contributed by atoms with E-state index in [1.807, 2.05) is 56.3 Å². The molecule has 4 aromatic rings. The van der Waals surface area contributed by atoms with E-state index in [-0.39, 0.29) is 47.3 Å².